The van der Waals surface area contributed by atoms with E-state index in [0.717, 1.165) is 44.5 Å². The zero-order valence-corrected chi connectivity index (χ0v) is 31.8. The van der Waals surface area contributed by atoms with Crippen molar-refractivity contribution in [3.63, 3.8) is 0 Å². The number of aromatic nitrogens is 3. The van der Waals surface area contributed by atoms with Gasteiger partial charge in [-0.25, -0.2) is 15.0 Å². The minimum absolute atomic E-state index is 0.335. The van der Waals surface area contributed by atoms with Crippen molar-refractivity contribution in [3.05, 3.63) is 222 Å². The zero-order chi connectivity index (χ0) is 39.1. The first-order valence-corrected chi connectivity index (χ1v) is 19.5. The van der Waals surface area contributed by atoms with Crippen LogP contribution in [-0.4, -0.2) is 15.0 Å². The Kier molecular flexibility index (Phi) is 8.62. The van der Waals surface area contributed by atoms with Gasteiger partial charge in [-0.15, -0.1) is 0 Å². The zero-order valence-electron chi connectivity index (χ0n) is 31.8. The van der Waals surface area contributed by atoms with Crippen molar-refractivity contribution < 1.29 is 0 Å². The Bertz CT molecular complexity index is 2910. The van der Waals surface area contributed by atoms with Gasteiger partial charge in [-0.05, 0) is 80.3 Å². The summed E-state index contributed by atoms with van der Waals surface area (Å²) in [5.74, 6) is 1.90. The van der Waals surface area contributed by atoms with Crippen LogP contribution in [0.3, 0.4) is 0 Å². The fourth-order valence-electron chi connectivity index (χ4n) is 8.51. The van der Waals surface area contributed by atoms with Gasteiger partial charge in [0.2, 0.25) is 0 Å². The highest BCUT2D eigenvalue weighted by molar-refractivity contribution is 6.01. The molecule has 1 aromatic heterocycles. The molecule has 1 atom stereocenters. The van der Waals surface area contributed by atoms with Crippen LogP contribution in [0.5, 0.6) is 0 Å². The van der Waals surface area contributed by atoms with Crippen molar-refractivity contribution in [3.8, 4) is 84.7 Å². The third kappa shape index (κ3) is 5.98. The van der Waals surface area contributed by atoms with Crippen molar-refractivity contribution in [2.45, 2.75) is 12.3 Å². The number of hydrogen-bond acceptors (Lipinski definition) is 4. The standard InChI is InChI=1S/C54H36N4/c1-54(44-17-9-4-10-18-44)47-20-12-11-19-46(47)50-48(54)34-33-45(49(50)40-29-25-38(26-30-40)37-23-21-36(35-55)22-24-37)39-27-31-43(32-28-39)53-57-51(41-13-5-2-6-14-41)56-52(58-53)42-15-7-3-8-16-42/h2-34H,1H3. The predicted molar refractivity (Wildman–Crippen MR) is 235 cm³/mol. The number of nitriles is 1. The van der Waals surface area contributed by atoms with Crippen LogP contribution in [0, 0.1) is 11.3 Å². The van der Waals surface area contributed by atoms with Gasteiger partial charge in [0.15, 0.2) is 17.5 Å². The van der Waals surface area contributed by atoms with E-state index in [-0.39, 0.29) is 5.41 Å². The van der Waals surface area contributed by atoms with Crippen LogP contribution in [0.2, 0.25) is 0 Å². The Morgan fingerprint density at radius 3 is 1.38 bits per heavy atom. The third-order valence-corrected chi connectivity index (χ3v) is 11.5. The lowest BCUT2D eigenvalue weighted by Crippen LogP contribution is -2.22. The topological polar surface area (TPSA) is 62.5 Å². The maximum Gasteiger partial charge on any atom is 0.164 e. The first kappa shape index (κ1) is 34.7. The van der Waals surface area contributed by atoms with Crippen molar-refractivity contribution in [2.75, 3.05) is 0 Å². The number of nitrogens with zero attached hydrogens (tertiary/aromatic N) is 4. The van der Waals surface area contributed by atoms with Gasteiger partial charge >= 0.3 is 0 Å². The Morgan fingerprint density at radius 1 is 0.362 bits per heavy atom. The van der Waals surface area contributed by atoms with Crippen molar-refractivity contribution in [2.24, 2.45) is 0 Å². The Balaban J connectivity index is 1.13. The third-order valence-electron chi connectivity index (χ3n) is 11.5. The van der Waals surface area contributed by atoms with Gasteiger partial charge in [0.05, 0.1) is 11.6 Å². The van der Waals surface area contributed by atoms with E-state index >= 15 is 0 Å². The highest BCUT2D eigenvalue weighted by Crippen LogP contribution is 2.57. The molecule has 1 unspecified atom stereocenters. The highest BCUT2D eigenvalue weighted by atomic mass is 15.0. The second-order valence-electron chi connectivity index (χ2n) is 14.8. The van der Waals surface area contributed by atoms with Gasteiger partial charge in [-0.1, -0.05) is 188 Å². The highest BCUT2D eigenvalue weighted by Gasteiger charge is 2.42. The van der Waals surface area contributed by atoms with Gasteiger partial charge in [0.1, 0.15) is 0 Å². The molecule has 1 aliphatic rings. The number of benzene rings is 8. The SMILES string of the molecule is CC1(c2ccccc2)c2ccccc2-c2c1ccc(-c1ccc(-c3nc(-c4ccccc4)nc(-c4ccccc4)n3)cc1)c2-c1ccc(-c2ccc(C#N)cc2)cc1. The van der Waals surface area contributed by atoms with Crippen LogP contribution in [0.4, 0.5) is 0 Å². The minimum atomic E-state index is -0.335. The number of rotatable bonds is 7. The molecule has 0 spiro atoms. The van der Waals surface area contributed by atoms with E-state index in [0.29, 0.717) is 23.0 Å². The van der Waals surface area contributed by atoms with E-state index in [1.807, 2.05) is 84.9 Å². The quantitative estimate of drug-likeness (QED) is 0.163. The lowest BCUT2D eigenvalue weighted by atomic mass is 9.73. The molecule has 0 aliphatic heterocycles. The molecule has 0 fully saturated rings. The van der Waals surface area contributed by atoms with Crippen LogP contribution in [0.15, 0.2) is 200 Å². The molecule has 4 heteroatoms. The van der Waals surface area contributed by atoms with Crippen molar-refractivity contribution in [1.82, 2.24) is 15.0 Å². The molecule has 0 saturated carbocycles. The van der Waals surface area contributed by atoms with Gasteiger partial charge < -0.3 is 0 Å². The fraction of sp³-hybridized carbons (Fsp3) is 0.0370. The largest absolute Gasteiger partial charge is 0.208 e. The molecule has 10 rings (SSSR count). The molecule has 1 heterocycles. The van der Waals surface area contributed by atoms with Crippen LogP contribution < -0.4 is 0 Å². The summed E-state index contributed by atoms with van der Waals surface area (Å²) in [5, 5.41) is 9.36. The lowest BCUT2D eigenvalue weighted by molar-refractivity contribution is 0.714. The molecule has 0 saturated heterocycles. The number of fused-ring (bicyclic) bond motifs is 3. The normalized spacial score (nSPS) is 14.0. The molecular formula is C54H36N4. The van der Waals surface area contributed by atoms with E-state index in [9.17, 15) is 5.26 Å². The molecule has 0 radical (unpaired) electrons. The maximum atomic E-state index is 9.36. The molecule has 0 N–H and O–H groups in total. The molecule has 8 aromatic carbocycles. The summed E-state index contributed by atoms with van der Waals surface area (Å²) in [6.45, 7) is 2.36. The summed E-state index contributed by atoms with van der Waals surface area (Å²) < 4.78 is 0. The van der Waals surface area contributed by atoms with Crippen molar-refractivity contribution in [1.29, 1.82) is 5.26 Å². The fourth-order valence-corrected chi connectivity index (χ4v) is 8.51. The molecular weight excluding hydrogens is 705 g/mol. The van der Waals surface area contributed by atoms with Crippen molar-refractivity contribution >= 4 is 0 Å². The Labute approximate surface area is 338 Å². The molecule has 9 aromatic rings. The number of hydrogen-bond donors (Lipinski definition) is 0. The first-order valence-electron chi connectivity index (χ1n) is 19.5. The Hall–Kier alpha value is -7.74. The smallest absolute Gasteiger partial charge is 0.164 e. The van der Waals surface area contributed by atoms with Gasteiger partial charge in [-0.3, -0.25) is 0 Å². The molecule has 272 valence electrons. The average Bonchev–Trinajstić information content (AvgIpc) is 3.58. The van der Waals surface area contributed by atoms with Crippen LogP contribution >= 0.6 is 0 Å². The molecule has 4 nitrogen and oxygen atoms in total. The van der Waals surface area contributed by atoms with Gasteiger partial charge in [0, 0.05) is 22.1 Å². The monoisotopic (exact) mass is 740 g/mol. The average molecular weight is 741 g/mol. The molecule has 0 amide bonds. The summed E-state index contributed by atoms with van der Waals surface area (Å²) in [6, 6.07) is 72.0. The van der Waals surface area contributed by atoms with Gasteiger partial charge in [0.25, 0.3) is 0 Å². The summed E-state index contributed by atoms with van der Waals surface area (Å²) >= 11 is 0. The van der Waals surface area contributed by atoms with E-state index in [1.54, 1.807) is 0 Å². The predicted octanol–water partition coefficient (Wildman–Crippen LogP) is 13.1. The summed E-state index contributed by atoms with van der Waals surface area (Å²) in [6.07, 6.45) is 0. The minimum Gasteiger partial charge on any atom is -0.208 e. The molecule has 58 heavy (non-hydrogen) atoms. The Morgan fingerprint density at radius 2 is 0.810 bits per heavy atom. The van der Waals surface area contributed by atoms with Crippen LogP contribution in [-0.2, 0) is 5.41 Å². The molecule has 0 bridgehead atoms. The maximum absolute atomic E-state index is 9.36. The van der Waals surface area contributed by atoms with Crippen LogP contribution in [0.25, 0.3) is 78.7 Å². The molecule has 1 aliphatic carbocycles. The van der Waals surface area contributed by atoms with E-state index in [2.05, 4.69) is 128 Å². The summed E-state index contributed by atoms with van der Waals surface area (Å²) in [5.41, 5.74) is 16.2. The second-order valence-corrected chi connectivity index (χ2v) is 14.8. The summed E-state index contributed by atoms with van der Waals surface area (Å²) in [7, 11) is 0. The van der Waals surface area contributed by atoms with Gasteiger partial charge in [-0.2, -0.15) is 5.26 Å². The van der Waals surface area contributed by atoms with Crippen LogP contribution in [0.1, 0.15) is 29.2 Å². The lowest BCUT2D eigenvalue weighted by Gasteiger charge is -2.29. The first-order chi connectivity index (χ1) is 28.6. The van der Waals surface area contributed by atoms with E-state index in [1.165, 1.54) is 33.4 Å². The second kappa shape index (κ2) is 14.4. The van der Waals surface area contributed by atoms with E-state index < -0.39 is 0 Å². The van der Waals surface area contributed by atoms with E-state index in [4.69, 9.17) is 15.0 Å². The summed E-state index contributed by atoms with van der Waals surface area (Å²) in [4.78, 5) is 14.9.